The molecular weight excluding hydrogens is 362 g/mol. The van der Waals surface area contributed by atoms with Crippen molar-refractivity contribution in [2.75, 3.05) is 24.4 Å². The Labute approximate surface area is 153 Å². The Morgan fingerprint density at radius 1 is 1.04 bits per heavy atom. The largest absolute Gasteiger partial charge is 0.465 e. The molecule has 0 fully saturated rings. The first-order valence-electron chi connectivity index (χ1n) is 7.62. The molecule has 0 bridgehead atoms. The van der Waals surface area contributed by atoms with E-state index in [1.54, 1.807) is 0 Å². The fraction of sp³-hybridized carbons (Fsp3) is 0.167. The molecule has 0 aromatic heterocycles. The van der Waals surface area contributed by atoms with Crippen molar-refractivity contribution in [2.45, 2.75) is 6.92 Å². The molecule has 0 radical (unpaired) electrons. The van der Waals surface area contributed by atoms with Crippen molar-refractivity contribution in [3.63, 3.8) is 0 Å². The van der Waals surface area contributed by atoms with Crippen LogP contribution in [-0.2, 0) is 23.9 Å². The van der Waals surface area contributed by atoms with E-state index in [2.05, 4.69) is 10.1 Å². The fourth-order valence-electron chi connectivity index (χ4n) is 2.37. The van der Waals surface area contributed by atoms with Crippen LogP contribution in [0.5, 0.6) is 0 Å². The number of hydrogen-bond donors (Lipinski definition) is 1. The van der Waals surface area contributed by atoms with E-state index in [9.17, 15) is 23.2 Å². The molecular formula is C18H16F2N2O5. The molecule has 1 heterocycles. The Hall–Kier alpha value is -3.49. The molecule has 2 rings (SSSR count). The van der Waals surface area contributed by atoms with E-state index in [1.807, 2.05) is 0 Å². The second kappa shape index (κ2) is 8.26. The highest BCUT2D eigenvalue weighted by atomic mass is 19.1. The Morgan fingerprint density at radius 2 is 1.70 bits per heavy atom. The number of hydrogen-bond acceptors (Lipinski definition) is 6. The van der Waals surface area contributed by atoms with Gasteiger partial charge in [0.05, 0.1) is 25.5 Å². The van der Waals surface area contributed by atoms with Crippen LogP contribution < -0.4 is 10.2 Å². The second-order valence-corrected chi connectivity index (χ2v) is 5.25. The molecule has 7 nitrogen and oxygen atoms in total. The molecule has 0 aliphatic carbocycles. The third-order valence-electron chi connectivity index (χ3n) is 3.52. The van der Waals surface area contributed by atoms with E-state index in [0.717, 1.165) is 38.2 Å². The average Bonchev–Trinajstić information content (AvgIpc) is 2.86. The summed E-state index contributed by atoms with van der Waals surface area (Å²) in [7, 11) is 2.21. The molecule has 1 N–H and O–H groups in total. The number of carbonyl (C=O) groups is 3. The van der Waals surface area contributed by atoms with Crippen molar-refractivity contribution in [2.24, 2.45) is 0 Å². The van der Waals surface area contributed by atoms with Crippen LogP contribution in [0.25, 0.3) is 0 Å². The minimum absolute atomic E-state index is 0.195. The van der Waals surface area contributed by atoms with E-state index in [1.165, 1.54) is 24.4 Å². The van der Waals surface area contributed by atoms with E-state index in [-0.39, 0.29) is 17.0 Å². The van der Waals surface area contributed by atoms with Gasteiger partial charge in [-0.1, -0.05) is 6.08 Å². The maximum Gasteiger partial charge on any atom is 0.355 e. The van der Waals surface area contributed by atoms with Crippen LogP contribution in [0, 0.1) is 11.6 Å². The molecule has 1 amide bonds. The lowest BCUT2D eigenvalue weighted by Crippen LogP contribution is -2.28. The molecule has 1 aromatic carbocycles. The Balaban J connectivity index is 2.73. The SMILES string of the molecule is COC(=O)C1=C(C(=O)OC)N(c2ccc(F)c(NC(C)=O)c2F)C=CC=C1. The van der Waals surface area contributed by atoms with E-state index >= 15 is 0 Å². The van der Waals surface area contributed by atoms with Gasteiger partial charge in [0.2, 0.25) is 5.91 Å². The van der Waals surface area contributed by atoms with Crippen molar-refractivity contribution < 1.29 is 32.6 Å². The van der Waals surface area contributed by atoms with Crippen molar-refractivity contribution in [1.82, 2.24) is 0 Å². The highest BCUT2D eigenvalue weighted by Gasteiger charge is 2.30. The molecule has 0 atom stereocenters. The minimum atomic E-state index is -1.14. The van der Waals surface area contributed by atoms with Gasteiger partial charge in [-0.25, -0.2) is 18.4 Å². The number of nitrogens with zero attached hydrogens (tertiary/aromatic N) is 1. The second-order valence-electron chi connectivity index (χ2n) is 5.25. The number of amides is 1. The monoisotopic (exact) mass is 378 g/mol. The average molecular weight is 378 g/mol. The van der Waals surface area contributed by atoms with E-state index < -0.39 is 35.2 Å². The first kappa shape index (κ1) is 19.8. The number of rotatable bonds is 4. The summed E-state index contributed by atoms with van der Waals surface area (Å²) in [6.45, 7) is 1.09. The molecule has 142 valence electrons. The summed E-state index contributed by atoms with van der Waals surface area (Å²) >= 11 is 0. The van der Waals surface area contributed by atoms with Crippen molar-refractivity contribution in [3.05, 3.63) is 59.5 Å². The summed E-state index contributed by atoms with van der Waals surface area (Å²) in [5.74, 6) is -4.62. The molecule has 0 unspecified atom stereocenters. The zero-order chi connectivity index (χ0) is 20.1. The van der Waals surface area contributed by atoms with Crippen LogP contribution in [0.15, 0.2) is 47.8 Å². The standard InChI is InChI=1S/C18H16F2N2O5/c1-10(23)21-15-12(19)7-8-13(14(15)20)22-9-5-4-6-11(17(24)26-2)16(22)18(25)27-3/h4-9H,1-3H3,(H,21,23). The van der Waals surface area contributed by atoms with E-state index in [4.69, 9.17) is 4.74 Å². The van der Waals surface area contributed by atoms with Gasteiger partial charge >= 0.3 is 11.9 Å². The number of halogens is 2. The fourth-order valence-corrected chi connectivity index (χ4v) is 2.37. The predicted molar refractivity (Wildman–Crippen MR) is 92.5 cm³/mol. The van der Waals surface area contributed by atoms with Gasteiger partial charge in [0.25, 0.3) is 0 Å². The van der Waals surface area contributed by atoms with Gasteiger partial charge in [-0.05, 0) is 24.3 Å². The van der Waals surface area contributed by atoms with Crippen LogP contribution in [0.2, 0.25) is 0 Å². The third-order valence-corrected chi connectivity index (χ3v) is 3.52. The molecule has 27 heavy (non-hydrogen) atoms. The minimum Gasteiger partial charge on any atom is -0.465 e. The van der Waals surface area contributed by atoms with Gasteiger partial charge in [0.15, 0.2) is 5.82 Å². The molecule has 9 heteroatoms. The predicted octanol–water partition coefficient (Wildman–Crippen LogP) is 2.41. The van der Waals surface area contributed by atoms with E-state index in [0.29, 0.717) is 0 Å². The normalized spacial score (nSPS) is 13.3. The molecule has 1 aromatic rings. The smallest absolute Gasteiger partial charge is 0.355 e. The Morgan fingerprint density at radius 3 is 2.30 bits per heavy atom. The van der Waals surface area contributed by atoms with Gasteiger partial charge in [0.1, 0.15) is 17.2 Å². The van der Waals surface area contributed by atoms with Crippen LogP contribution in [0.1, 0.15) is 6.92 Å². The number of nitrogens with one attached hydrogen (secondary N) is 1. The van der Waals surface area contributed by atoms with Crippen molar-refractivity contribution >= 4 is 29.2 Å². The Bertz CT molecular complexity index is 890. The topological polar surface area (TPSA) is 84.9 Å². The van der Waals surface area contributed by atoms with Crippen LogP contribution in [0.3, 0.4) is 0 Å². The summed E-state index contributed by atoms with van der Waals surface area (Å²) < 4.78 is 38.2. The first-order chi connectivity index (χ1) is 12.8. The number of allylic oxidation sites excluding steroid dienone is 2. The molecule has 1 aliphatic heterocycles. The number of carbonyl (C=O) groups excluding carboxylic acids is 3. The number of methoxy groups -OCH3 is 2. The first-order valence-corrected chi connectivity index (χ1v) is 7.62. The highest BCUT2D eigenvalue weighted by molar-refractivity contribution is 6.05. The van der Waals surface area contributed by atoms with Crippen molar-refractivity contribution in [1.29, 1.82) is 0 Å². The van der Waals surface area contributed by atoms with Gasteiger partial charge < -0.3 is 19.7 Å². The summed E-state index contributed by atoms with van der Waals surface area (Å²) in [6.07, 6.45) is 5.45. The Kier molecular flexibility index (Phi) is 6.07. The van der Waals surface area contributed by atoms with Crippen LogP contribution in [0.4, 0.5) is 20.2 Å². The lowest BCUT2D eigenvalue weighted by Gasteiger charge is -2.24. The molecule has 0 saturated carbocycles. The van der Waals surface area contributed by atoms with Gasteiger partial charge in [-0.3, -0.25) is 4.79 Å². The summed E-state index contributed by atoms with van der Waals surface area (Å²) in [6, 6.07) is 1.98. The third kappa shape index (κ3) is 4.02. The quantitative estimate of drug-likeness (QED) is 0.810. The maximum absolute atomic E-state index is 14.9. The van der Waals surface area contributed by atoms with Gasteiger partial charge in [0, 0.05) is 13.1 Å². The zero-order valence-corrected chi connectivity index (χ0v) is 14.7. The number of esters is 2. The van der Waals surface area contributed by atoms with Crippen LogP contribution in [-0.4, -0.2) is 32.1 Å². The molecule has 0 saturated heterocycles. The van der Waals surface area contributed by atoms with Gasteiger partial charge in [-0.15, -0.1) is 0 Å². The summed E-state index contributed by atoms with van der Waals surface area (Å²) in [4.78, 5) is 36.6. The van der Waals surface area contributed by atoms with Crippen molar-refractivity contribution in [3.8, 4) is 0 Å². The maximum atomic E-state index is 14.9. The molecule has 0 spiro atoms. The summed E-state index contributed by atoms with van der Waals surface area (Å²) in [5, 5.41) is 2.06. The highest BCUT2D eigenvalue weighted by Crippen LogP contribution is 2.33. The molecule has 1 aliphatic rings. The van der Waals surface area contributed by atoms with Gasteiger partial charge in [-0.2, -0.15) is 0 Å². The zero-order valence-electron chi connectivity index (χ0n) is 14.7. The number of ether oxygens (including phenoxy) is 2. The number of anilines is 2. The lowest BCUT2D eigenvalue weighted by atomic mass is 10.1. The lowest BCUT2D eigenvalue weighted by molar-refractivity contribution is -0.139. The summed E-state index contributed by atoms with van der Waals surface area (Å²) in [5.41, 5.74) is -1.51. The van der Waals surface area contributed by atoms with Crippen LogP contribution >= 0.6 is 0 Å². The number of benzene rings is 1.